The number of rotatable bonds is 8. The number of fused-ring (bicyclic) bond motifs is 1. The number of amides is 2. The van der Waals surface area contributed by atoms with E-state index in [0.29, 0.717) is 19.1 Å². The Balaban J connectivity index is 1.43. The van der Waals surface area contributed by atoms with E-state index >= 15 is 0 Å². The average Bonchev–Trinajstić information content (AvgIpc) is 3.33. The maximum absolute atomic E-state index is 15.0. The standard InChI is InChI=1S/C34H38N6O5S/c1-3-45-32-28(10-7-15-36-32)34(23-31(41)39-16-13-26(14-17-39)38-20-18-37(2)19-21-38)29-22-25(24-35)11-12-30(29)40(33(34)42)46(43,44)27-8-5-4-6-9-27/h4-12,15,22,26H,3,13-14,16-21,23H2,1-2H3. The second-order valence-corrected chi connectivity index (χ2v) is 13.8. The lowest BCUT2D eigenvalue weighted by Crippen LogP contribution is -2.53. The highest BCUT2D eigenvalue weighted by Crippen LogP contribution is 2.52. The monoisotopic (exact) mass is 642 g/mol. The summed E-state index contributed by atoms with van der Waals surface area (Å²) in [6, 6.07) is 18.0. The fraction of sp³-hybridized carbons (Fsp3) is 0.412. The van der Waals surface area contributed by atoms with E-state index in [1.54, 1.807) is 42.2 Å². The van der Waals surface area contributed by atoms with Crippen LogP contribution in [0.4, 0.5) is 5.69 Å². The molecule has 1 aromatic heterocycles. The fourth-order valence-electron chi connectivity index (χ4n) is 6.96. The summed E-state index contributed by atoms with van der Waals surface area (Å²) in [5.74, 6) is -0.952. The number of anilines is 1. The lowest BCUT2D eigenvalue weighted by molar-refractivity contribution is -0.136. The molecule has 240 valence electrons. The summed E-state index contributed by atoms with van der Waals surface area (Å²) < 4.78 is 35.0. The SMILES string of the molecule is CCOc1ncccc1C1(CC(=O)N2CCC(N3CCN(C)CC3)CC2)C(=O)N(S(=O)(=O)c2ccccc2)c2ccc(C#N)cc21. The number of nitriles is 1. The average molecular weight is 643 g/mol. The first-order valence-corrected chi connectivity index (χ1v) is 17.1. The van der Waals surface area contributed by atoms with Crippen LogP contribution in [0.15, 0.2) is 71.8 Å². The third-order valence-corrected chi connectivity index (χ3v) is 11.1. The molecule has 2 aromatic carbocycles. The van der Waals surface area contributed by atoms with Crippen molar-refractivity contribution in [1.29, 1.82) is 5.26 Å². The predicted octanol–water partition coefficient (Wildman–Crippen LogP) is 3.00. The number of carbonyl (C=O) groups excluding carboxylic acids is 2. The minimum atomic E-state index is -4.40. The molecule has 2 fully saturated rings. The summed E-state index contributed by atoms with van der Waals surface area (Å²) in [4.78, 5) is 40.2. The van der Waals surface area contributed by atoms with Crippen LogP contribution in [0.2, 0.25) is 0 Å². The summed E-state index contributed by atoms with van der Waals surface area (Å²) in [6.07, 6.45) is 2.81. The number of nitrogens with zero attached hydrogens (tertiary/aromatic N) is 6. The maximum Gasteiger partial charge on any atom is 0.270 e. The van der Waals surface area contributed by atoms with Crippen LogP contribution in [0.1, 0.15) is 42.9 Å². The molecule has 4 heterocycles. The van der Waals surface area contributed by atoms with Crippen LogP contribution in [0.5, 0.6) is 5.88 Å². The Morgan fingerprint density at radius 3 is 2.39 bits per heavy atom. The lowest BCUT2D eigenvalue weighted by atomic mass is 9.72. The molecule has 1 atom stereocenters. The molecule has 3 aliphatic heterocycles. The van der Waals surface area contributed by atoms with Crippen LogP contribution in [0.25, 0.3) is 0 Å². The molecular weight excluding hydrogens is 604 g/mol. The fourth-order valence-corrected chi connectivity index (χ4v) is 8.46. The molecule has 3 aliphatic rings. The number of ether oxygens (including phenoxy) is 1. The van der Waals surface area contributed by atoms with Crippen LogP contribution in [0.3, 0.4) is 0 Å². The molecule has 0 spiro atoms. The Morgan fingerprint density at radius 2 is 1.72 bits per heavy atom. The largest absolute Gasteiger partial charge is 0.478 e. The van der Waals surface area contributed by atoms with Gasteiger partial charge in [-0.1, -0.05) is 24.3 Å². The summed E-state index contributed by atoms with van der Waals surface area (Å²) in [6.45, 7) is 7.11. The third kappa shape index (κ3) is 5.53. The van der Waals surface area contributed by atoms with E-state index in [9.17, 15) is 23.3 Å². The molecule has 0 aliphatic carbocycles. The van der Waals surface area contributed by atoms with E-state index < -0.39 is 21.3 Å². The van der Waals surface area contributed by atoms with Gasteiger partial charge in [0.05, 0.1) is 28.8 Å². The number of hydrogen-bond donors (Lipinski definition) is 0. The summed E-state index contributed by atoms with van der Waals surface area (Å²) in [7, 11) is -2.28. The van der Waals surface area contributed by atoms with Gasteiger partial charge in [-0.2, -0.15) is 5.26 Å². The molecule has 0 saturated carbocycles. The van der Waals surface area contributed by atoms with E-state index in [4.69, 9.17) is 4.74 Å². The van der Waals surface area contributed by atoms with E-state index in [-0.39, 0.29) is 52.1 Å². The van der Waals surface area contributed by atoms with Gasteiger partial charge in [-0.3, -0.25) is 14.5 Å². The van der Waals surface area contributed by atoms with Gasteiger partial charge in [0.1, 0.15) is 5.41 Å². The first-order valence-electron chi connectivity index (χ1n) is 15.7. The number of benzene rings is 2. The number of pyridine rings is 1. The molecule has 6 rings (SSSR count). The molecule has 46 heavy (non-hydrogen) atoms. The van der Waals surface area contributed by atoms with Crippen molar-refractivity contribution in [3.8, 4) is 11.9 Å². The Bertz CT molecular complexity index is 1760. The summed E-state index contributed by atoms with van der Waals surface area (Å²) in [5.41, 5.74) is -0.943. The molecule has 11 nitrogen and oxygen atoms in total. The van der Waals surface area contributed by atoms with Crippen molar-refractivity contribution in [2.45, 2.75) is 42.5 Å². The number of sulfonamides is 1. The molecule has 0 bridgehead atoms. The Kier molecular flexibility index (Phi) is 8.83. The van der Waals surface area contributed by atoms with Gasteiger partial charge in [0.15, 0.2) is 0 Å². The quantitative estimate of drug-likeness (QED) is 0.364. The highest BCUT2D eigenvalue weighted by Gasteiger charge is 2.58. The Labute approximate surface area is 270 Å². The van der Waals surface area contributed by atoms with Gasteiger partial charge in [0, 0.05) is 63.5 Å². The van der Waals surface area contributed by atoms with Crippen molar-refractivity contribution in [1.82, 2.24) is 19.7 Å². The van der Waals surface area contributed by atoms with Crippen molar-refractivity contribution >= 4 is 27.5 Å². The Morgan fingerprint density at radius 1 is 1.00 bits per heavy atom. The van der Waals surface area contributed by atoms with Gasteiger partial charge in [-0.05, 0) is 68.8 Å². The zero-order valence-electron chi connectivity index (χ0n) is 26.1. The smallest absolute Gasteiger partial charge is 0.270 e. The second-order valence-electron chi connectivity index (χ2n) is 12.1. The summed E-state index contributed by atoms with van der Waals surface area (Å²) >= 11 is 0. The van der Waals surface area contributed by atoms with Crippen molar-refractivity contribution in [3.05, 3.63) is 83.6 Å². The highest BCUT2D eigenvalue weighted by atomic mass is 32.2. The number of hydrogen-bond acceptors (Lipinski definition) is 9. The molecule has 12 heteroatoms. The number of aromatic nitrogens is 1. The van der Waals surface area contributed by atoms with E-state index in [2.05, 4.69) is 27.9 Å². The topological polar surface area (TPSA) is 127 Å². The van der Waals surface area contributed by atoms with E-state index in [1.165, 1.54) is 36.5 Å². The summed E-state index contributed by atoms with van der Waals surface area (Å²) in [5, 5.41) is 9.87. The molecular formula is C34H38N6O5S. The molecule has 1 unspecified atom stereocenters. The predicted molar refractivity (Wildman–Crippen MR) is 172 cm³/mol. The first kappa shape index (κ1) is 31.7. The molecule has 0 radical (unpaired) electrons. The van der Waals surface area contributed by atoms with E-state index in [1.807, 2.05) is 0 Å². The third-order valence-electron chi connectivity index (χ3n) is 9.44. The van der Waals surface area contributed by atoms with Crippen molar-refractivity contribution < 1.29 is 22.7 Å². The minimum Gasteiger partial charge on any atom is -0.478 e. The van der Waals surface area contributed by atoms with Crippen molar-refractivity contribution in [2.75, 3.05) is 57.2 Å². The molecule has 2 amide bonds. The first-order chi connectivity index (χ1) is 22.2. The second kappa shape index (κ2) is 12.8. The molecule has 2 saturated heterocycles. The number of piperazine rings is 1. The number of likely N-dealkylation sites (tertiary alicyclic amines) is 1. The molecule has 3 aromatic rings. The zero-order chi connectivity index (χ0) is 32.5. The number of piperidine rings is 1. The Hall–Kier alpha value is -4.31. The van der Waals surface area contributed by atoms with Gasteiger partial charge in [0.2, 0.25) is 11.8 Å². The van der Waals surface area contributed by atoms with Gasteiger partial charge < -0.3 is 14.5 Å². The van der Waals surface area contributed by atoms with Crippen LogP contribution >= 0.6 is 0 Å². The van der Waals surface area contributed by atoms with Crippen LogP contribution < -0.4 is 9.04 Å². The van der Waals surface area contributed by atoms with Gasteiger partial charge >= 0.3 is 0 Å². The zero-order valence-corrected chi connectivity index (χ0v) is 26.9. The van der Waals surface area contributed by atoms with Crippen molar-refractivity contribution in [2.24, 2.45) is 0 Å². The van der Waals surface area contributed by atoms with Gasteiger partial charge in [-0.15, -0.1) is 0 Å². The number of likely N-dealkylation sites (N-methyl/N-ethyl adjacent to an activating group) is 1. The maximum atomic E-state index is 15.0. The minimum absolute atomic E-state index is 0.0667. The van der Waals surface area contributed by atoms with E-state index in [0.717, 1.165) is 43.3 Å². The van der Waals surface area contributed by atoms with Gasteiger partial charge in [-0.25, -0.2) is 17.7 Å². The number of carbonyl (C=O) groups is 2. The van der Waals surface area contributed by atoms with Crippen LogP contribution in [0, 0.1) is 11.3 Å². The highest BCUT2D eigenvalue weighted by molar-refractivity contribution is 7.93. The molecule has 0 N–H and O–H groups in total. The van der Waals surface area contributed by atoms with Gasteiger partial charge in [0.25, 0.3) is 15.9 Å². The van der Waals surface area contributed by atoms with Crippen molar-refractivity contribution in [3.63, 3.8) is 0 Å². The van der Waals surface area contributed by atoms with Crippen LogP contribution in [-0.2, 0) is 25.0 Å². The normalized spacial score (nSPS) is 21.2. The van der Waals surface area contributed by atoms with Crippen LogP contribution in [-0.4, -0.2) is 98.9 Å². The lowest BCUT2D eigenvalue weighted by Gasteiger charge is -2.42.